The summed E-state index contributed by atoms with van der Waals surface area (Å²) in [4.78, 5) is 12.6. The van der Waals surface area contributed by atoms with E-state index in [9.17, 15) is 13.2 Å². The summed E-state index contributed by atoms with van der Waals surface area (Å²) in [5, 5.41) is 4.01. The Bertz CT molecular complexity index is 1520. The highest BCUT2D eigenvalue weighted by atomic mass is 32.2. The van der Waals surface area contributed by atoms with Gasteiger partial charge in [-0.1, -0.05) is 48.0 Å². The number of carbonyl (C=O) groups is 1. The van der Waals surface area contributed by atoms with E-state index >= 15 is 0 Å². The summed E-state index contributed by atoms with van der Waals surface area (Å²) in [6.45, 7) is 2.29. The third-order valence-electron chi connectivity index (χ3n) is 5.54. The smallest absolute Gasteiger partial charge is 0.271 e. The minimum atomic E-state index is -3.73. The second kappa shape index (κ2) is 12.1. The largest absolute Gasteiger partial charge is 0.493 e. The Kier molecular flexibility index (Phi) is 8.40. The number of rotatable bonds is 10. The lowest BCUT2D eigenvalue weighted by atomic mass is 10.2. The fourth-order valence-electron chi connectivity index (χ4n) is 3.47. The van der Waals surface area contributed by atoms with E-state index in [0.29, 0.717) is 34.9 Å². The van der Waals surface area contributed by atoms with E-state index in [1.807, 2.05) is 37.3 Å². The molecule has 0 saturated heterocycles. The fraction of sp³-hybridized carbons (Fsp3) is 0.103. The van der Waals surface area contributed by atoms with Crippen molar-refractivity contribution < 1.29 is 22.7 Å². The highest BCUT2D eigenvalue weighted by Crippen LogP contribution is 2.28. The number of sulfonamides is 1. The van der Waals surface area contributed by atoms with Crippen molar-refractivity contribution in [3.05, 3.63) is 119 Å². The van der Waals surface area contributed by atoms with Crippen LogP contribution in [0.3, 0.4) is 0 Å². The molecule has 0 aliphatic heterocycles. The monoisotopic (exact) mass is 529 g/mol. The minimum absolute atomic E-state index is 0.159. The van der Waals surface area contributed by atoms with Crippen molar-refractivity contribution in [3.8, 4) is 11.5 Å². The molecule has 0 bridgehead atoms. The number of benzene rings is 4. The Labute approximate surface area is 222 Å². The van der Waals surface area contributed by atoms with Crippen LogP contribution in [0.25, 0.3) is 0 Å². The molecule has 0 unspecified atom stereocenters. The molecule has 9 heteroatoms. The van der Waals surface area contributed by atoms with Crippen LogP contribution in [0.5, 0.6) is 11.5 Å². The van der Waals surface area contributed by atoms with Gasteiger partial charge >= 0.3 is 0 Å². The second-order valence-electron chi connectivity index (χ2n) is 8.38. The molecule has 4 rings (SSSR count). The quantitative estimate of drug-likeness (QED) is 0.218. The molecule has 0 aromatic heterocycles. The number of ether oxygens (including phenoxy) is 2. The fourth-order valence-corrected chi connectivity index (χ4v) is 4.53. The normalized spacial score (nSPS) is 11.2. The number of hydrazone groups is 1. The molecule has 0 heterocycles. The highest BCUT2D eigenvalue weighted by Gasteiger charge is 2.14. The van der Waals surface area contributed by atoms with Gasteiger partial charge in [0.2, 0.25) is 0 Å². The van der Waals surface area contributed by atoms with Crippen LogP contribution in [0, 0.1) is 6.92 Å². The predicted molar refractivity (Wildman–Crippen MR) is 147 cm³/mol. The maximum Gasteiger partial charge on any atom is 0.271 e. The van der Waals surface area contributed by atoms with Crippen LogP contribution in [-0.4, -0.2) is 27.6 Å². The van der Waals surface area contributed by atoms with Crippen molar-refractivity contribution in [2.75, 3.05) is 11.8 Å². The average Bonchev–Trinajstić information content (AvgIpc) is 2.93. The van der Waals surface area contributed by atoms with Crippen LogP contribution in [0.2, 0.25) is 0 Å². The molecule has 4 aromatic rings. The standard InChI is InChI=1S/C29H27N3O5S/c1-21-8-15-26(16-9-21)38(34,35)32-25-13-11-24(12-14-25)29(33)31-30-19-23-10-17-27(28(18-23)36-2)37-20-22-6-4-3-5-7-22/h3-19,32H,20H2,1-2H3,(H,31,33)/b30-19+. The van der Waals surface area contributed by atoms with Gasteiger partial charge in [-0.05, 0) is 72.6 Å². The number of aryl methyl sites for hydroxylation is 1. The molecule has 4 aromatic carbocycles. The molecule has 38 heavy (non-hydrogen) atoms. The van der Waals surface area contributed by atoms with Crippen LogP contribution >= 0.6 is 0 Å². The summed E-state index contributed by atoms with van der Waals surface area (Å²) in [6.07, 6.45) is 1.49. The number of carbonyl (C=O) groups excluding carboxylic acids is 1. The van der Waals surface area contributed by atoms with E-state index in [1.165, 1.54) is 30.5 Å². The molecule has 194 valence electrons. The molecular formula is C29H27N3O5S. The van der Waals surface area contributed by atoms with Crippen molar-refractivity contribution >= 4 is 27.8 Å². The van der Waals surface area contributed by atoms with Crippen molar-refractivity contribution in [2.45, 2.75) is 18.4 Å². The van der Waals surface area contributed by atoms with E-state index in [1.54, 1.807) is 49.6 Å². The zero-order chi connectivity index (χ0) is 27.0. The van der Waals surface area contributed by atoms with Gasteiger partial charge in [0.1, 0.15) is 6.61 Å². The molecule has 0 spiro atoms. The first-order valence-corrected chi connectivity index (χ1v) is 13.2. The minimum Gasteiger partial charge on any atom is -0.493 e. The Morgan fingerprint density at radius 1 is 0.895 bits per heavy atom. The number of amides is 1. The number of methoxy groups -OCH3 is 1. The first-order chi connectivity index (χ1) is 18.3. The predicted octanol–water partition coefficient (Wildman–Crippen LogP) is 5.15. The number of nitrogens with zero attached hydrogens (tertiary/aromatic N) is 1. The maximum atomic E-state index is 12.5. The highest BCUT2D eigenvalue weighted by molar-refractivity contribution is 7.92. The zero-order valence-corrected chi connectivity index (χ0v) is 21.7. The lowest BCUT2D eigenvalue weighted by Crippen LogP contribution is -2.18. The lowest BCUT2D eigenvalue weighted by molar-refractivity contribution is 0.0955. The number of anilines is 1. The number of nitrogens with one attached hydrogen (secondary N) is 2. The van der Waals surface area contributed by atoms with Gasteiger partial charge < -0.3 is 9.47 Å². The summed E-state index contributed by atoms with van der Waals surface area (Å²) >= 11 is 0. The van der Waals surface area contributed by atoms with Crippen LogP contribution < -0.4 is 19.6 Å². The van der Waals surface area contributed by atoms with Crippen molar-refractivity contribution in [1.82, 2.24) is 5.43 Å². The zero-order valence-electron chi connectivity index (χ0n) is 20.9. The summed E-state index contributed by atoms with van der Waals surface area (Å²) in [7, 11) is -2.17. The summed E-state index contributed by atoms with van der Waals surface area (Å²) < 4.78 is 38.9. The van der Waals surface area contributed by atoms with Gasteiger partial charge in [-0.15, -0.1) is 0 Å². The van der Waals surface area contributed by atoms with E-state index in [0.717, 1.165) is 11.1 Å². The third-order valence-corrected chi connectivity index (χ3v) is 6.93. The SMILES string of the molecule is COc1cc(/C=N/NC(=O)c2ccc(NS(=O)(=O)c3ccc(C)cc3)cc2)ccc1OCc1ccccc1. The van der Waals surface area contributed by atoms with Crippen molar-refractivity contribution in [3.63, 3.8) is 0 Å². The van der Waals surface area contributed by atoms with Gasteiger partial charge in [-0.3, -0.25) is 9.52 Å². The molecule has 2 N–H and O–H groups in total. The molecular weight excluding hydrogens is 502 g/mol. The number of hydrogen-bond donors (Lipinski definition) is 2. The lowest BCUT2D eigenvalue weighted by Gasteiger charge is -2.11. The molecule has 0 atom stereocenters. The molecule has 0 radical (unpaired) electrons. The molecule has 0 saturated carbocycles. The van der Waals surface area contributed by atoms with Gasteiger partial charge in [0, 0.05) is 11.3 Å². The van der Waals surface area contributed by atoms with E-state index < -0.39 is 15.9 Å². The molecule has 0 fully saturated rings. The summed E-state index contributed by atoms with van der Waals surface area (Å²) in [6, 6.07) is 27.7. The van der Waals surface area contributed by atoms with Gasteiger partial charge in [0.15, 0.2) is 11.5 Å². The van der Waals surface area contributed by atoms with E-state index in [-0.39, 0.29) is 4.90 Å². The maximum absolute atomic E-state index is 12.5. The Hall–Kier alpha value is -4.63. The van der Waals surface area contributed by atoms with Crippen LogP contribution in [0.1, 0.15) is 27.0 Å². The molecule has 0 aliphatic rings. The Balaban J connectivity index is 1.33. The third kappa shape index (κ3) is 6.98. The average molecular weight is 530 g/mol. The molecule has 8 nitrogen and oxygen atoms in total. The van der Waals surface area contributed by atoms with Crippen molar-refractivity contribution in [2.24, 2.45) is 5.10 Å². The van der Waals surface area contributed by atoms with Gasteiger partial charge in [0.05, 0.1) is 18.2 Å². The summed E-state index contributed by atoms with van der Waals surface area (Å²) in [5.41, 5.74) is 5.84. The first kappa shape index (κ1) is 26.4. The van der Waals surface area contributed by atoms with Gasteiger partial charge in [0.25, 0.3) is 15.9 Å². The Morgan fingerprint density at radius 3 is 2.29 bits per heavy atom. The number of hydrogen-bond acceptors (Lipinski definition) is 6. The summed E-state index contributed by atoms with van der Waals surface area (Å²) in [5.74, 6) is 0.694. The van der Waals surface area contributed by atoms with Gasteiger partial charge in [-0.25, -0.2) is 13.8 Å². The van der Waals surface area contributed by atoms with Crippen LogP contribution in [-0.2, 0) is 16.6 Å². The molecule has 0 aliphatic carbocycles. The van der Waals surface area contributed by atoms with Gasteiger partial charge in [-0.2, -0.15) is 5.10 Å². The van der Waals surface area contributed by atoms with Crippen LogP contribution in [0.4, 0.5) is 5.69 Å². The van der Waals surface area contributed by atoms with Crippen LogP contribution in [0.15, 0.2) is 107 Å². The van der Waals surface area contributed by atoms with E-state index in [4.69, 9.17) is 9.47 Å². The molecule has 1 amide bonds. The topological polar surface area (TPSA) is 106 Å². The van der Waals surface area contributed by atoms with E-state index in [2.05, 4.69) is 15.2 Å². The Morgan fingerprint density at radius 2 is 1.61 bits per heavy atom. The first-order valence-electron chi connectivity index (χ1n) is 11.7. The second-order valence-corrected chi connectivity index (χ2v) is 10.1. The van der Waals surface area contributed by atoms with Crippen molar-refractivity contribution in [1.29, 1.82) is 0 Å².